The van der Waals surface area contributed by atoms with Crippen LogP contribution in [0.25, 0.3) is 0 Å². The molecule has 27 heavy (non-hydrogen) atoms. The van der Waals surface area contributed by atoms with Crippen molar-refractivity contribution in [1.29, 1.82) is 0 Å². The molecule has 0 saturated heterocycles. The van der Waals surface area contributed by atoms with Crippen LogP contribution in [0.2, 0.25) is 0 Å². The van der Waals surface area contributed by atoms with Gasteiger partial charge >= 0.3 is 0 Å². The van der Waals surface area contributed by atoms with E-state index in [9.17, 15) is 4.79 Å². The average molecular weight is 370 g/mol. The van der Waals surface area contributed by atoms with Crippen LogP contribution in [0.5, 0.6) is 5.75 Å². The van der Waals surface area contributed by atoms with Gasteiger partial charge in [-0.25, -0.2) is 0 Å². The second-order valence-corrected chi connectivity index (χ2v) is 9.41. The topological polar surface area (TPSA) is 47.6 Å². The lowest BCUT2D eigenvalue weighted by Crippen LogP contribution is -2.52. The molecule has 1 aromatic carbocycles. The first-order chi connectivity index (χ1) is 13.2. The summed E-state index contributed by atoms with van der Waals surface area (Å²) < 4.78 is 12.2. The average Bonchev–Trinajstić information content (AvgIpc) is 2.66. The Morgan fingerprint density at radius 3 is 2.56 bits per heavy atom. The third kappa shape index (κ3) is 3.61. The van der Waals surface area contributed by atoms with Gasteiger partial charge in [-0.1, -0.05) is 18.2 Å². The first-order valence-corrected chi connectivity index (χ1v) is 10.8. The molecule has 0 aromatic heterocycles. The summed E-state index contributed by atoms with van der Waals surface area (Å²) >= 11 is 0. The van der Waals surface area contributed by atoms with E-state index in [1.807, 2.05) is 24.3 Å². The Labute approximate surface area is 162 Å². The zero-order chi connectivity index (χ0) is 18.3. The van der Waals surface area contributed by atoms with Gasteiger partial charge in [-0.15, -0.1) is 0 Å². The van der Waals surface area contributed by atoms with E-state index in [0.717, 1.165) is 48.5 Å². The lowest BCUT2D eigenvalue weighted by atomic mass is 9.54. The molecular formula is C23H31NO3. The number of benzene rings is 1. The smallest absolute Gasteiger partial charge is 0.226 e. The predicted molar refractivity (Wildman–Crippen MR) is 104 cm³/mol. The number of fused-ring (bicyclic) bond motifs is 1. The van der Waals surface area contributed by atoms with Gasteiger partial charge in [0.25, 0.3) is 0 Å². The molecule has 1 aliphatic heterocycles. The maximum Gasteiger partial charge on any atom is 0.226 e. The minimum Gasteiger partial charge on any atom is -0.492 e. The van der Waals surface area contributed by atoms with Gasteiger partial charge in [-0.05, 0) is 80.8 Å². The van der Waals surface area contributed by atoms with E-state index in [1.165, 1.54) is 38.5 Å². The molecule has 4 heteroatoms. The Morgan fingerprint density at radius 2 is 1.81 bits per heavy atom. The molecule has 1 aromatic rings. The molecule has 4 aliphatic carbocycles. The number of carbonyl (C=O) groups is 1. The van der Waals surface area contributed by atoms with Crippen LogP contribution in [0.15, 0.2) is 24.3 Å². The summed E-state index contributed by atoms with van der Waals surface area (Å²) in [6.45, 7) is 1.95. The summed E-state index contributed by atoms with van der Waals surface area (Å²) in [7, 11) is 0. The van der Waals surface area contributed by atoms with E-state index in [0.29, 0.717) is 13.2 Å². The summed E-state index contributed by atoms with van der Waals surface area (Å²) in [5.41, 5.74) is 1.31. The lowest BCUT2D eigenvalue weighted by molar-refractivity contribution is -0.162. The summed E-state index contributed by atoms with van der Waals surface area (Å²) in [6, 6.07) is 8.01. The zero-order valence-corrected chi connectivity index (χ0v) is 16.1. The normalized spacial score (nSPS) is 36.1. The van der Waals surface area contributed by atoms with E-state index in [4.69, 9.17) is 9.47 Å². The molecule has 4 fully saturated rings. The first kappa shape index (κ1) is 17.5. The van der Waals surface area contributed by atoms with Gasteiger partial charge in [-0.3, -0.25) is 4.79 Å². The fraction of sp³-hybridized carbons (Fsp3) is 0.696. The quantitative estimate of drug-likeness (QED) is 0.777. The van der Waals surface area contributed by atoms with Crippen LogP contribution in [0, 0.1) is 23.7 Å². The molecule has 1 atom stereocenters. The van der Waals surface area contributed by atoms with Crippen LogP contribution in [-0.4, -0.2) is 31.3 Å². The van der Waals surface area contributed by atoms with Gasteiger partial charge in [0.1, 0.15) is 12.4 Å². The number of para-hydroxylation sites is 1. The Kier molecular flexibility index (Phi) is 4.63. The maximum atomic E-state index is 12.5. The van der Waals surface area contributed by atoms with Crippen molar-refractivity contribution in [3.05, 3.63) is 29.8 Å². The predicted octanol–water partition coefficient (Wildman–Crippen LogP) is 3.73. The fourth-order valence-electron chi connectivity index (χ4n) is 6.42. The second kappa shape index (κ2) is 7.12. The number of hydrogen-bond acceptors (Lipinski definition) is 3. The SMILES string of the molecule is O=C(NCCCOC12CC3CC(CC(C3)C1)C2)[C@H]1COc2ccccc2C1. The highest BCUT2D eigenvalue weighted by Crippen LogP contribution is 2.57. The molecule has 4 saturated carbocycles. The van der Waals surface area contributed by atoms with Crippen molar-refractivity contribution in [3.8, 4) is 5.75 Å². The second-order valence-electron chi connectivity index (χ2n) is 9.41. The van der Waals surface area contributed by atoms with Crippen LogP contribution in [-0.2, 0) is 16.0 Å². The molecule has 1 N–H and O–H groups in total. The van der Waals surface area contributed by atoms with Gasteiger partial charge in [0.05, 0.1) is 11.5 Å². The molecule has 1 amide bonds. The summed E-state index contributed by atoms with van der Waals surface area (Å²) in [5.74, 6) is 3.72. The minimum atomic E-state index is -0.0797. The highest BCUT2D eigenvalue weighted by molar-refractivity contribution is 5.79. The fourth-order valence-corrected chi connectivity index (χ4v) is 6.42. The van der Waals surface area contributed by atoms with Gasteiger partial charge < -0.3 is 14.8 Å². The van der Waals surface area contributed by atoms with Crippen LogP contribution in [0.4, 0.5) is 0 Å². The van der Waals surface area contributed by atoms with E-state index in [1.54, 1.807) is 0 Å². The summed E-state index contributed by atoms with van der Waals surface area (Å²) in [5, 5.41) is 3.09. The standard InChI is InChI=1S/C23H31NO3/c25-22(20-11-19-4-1-2-5-21(19)26-15-20)24-6-3-7-27-23-12-16-8-17(13-23)10-18(9-16)14-23/h1-2,4-5,16-18,20H,3,6-15H2,(H,24,25)/t16?,17?,18?,20-,23?/m1/s1. The highest BCUT2D eigenvalue weighted by Gasteiger charge is 2.51. The van der Waals surface area contributed by atoms with Crippen LogP contribution in [0.3, 0.4) is 0 Å². The van der Waals surface area contributed by atoms with Gasteiger partial charge in [-0.2, -0.15) is 0 Å². The number of amides is 1. The molecule has 146 valence electrons. The summed E-state index contributed by atoms with van der Waals surface area (Å²) in [4.78, 5) is 12.5. The van der Waals surface area contributed by atoms with Crippen LogP contribution in [0.1, 0.15) is 50.5 Å². The van der Waals surface area contributed by atoms with E-state index >= 15 is 0 Å². The molecule has 1 heterocycles. The molecule has 0 unspecified atom stereocenters. The van der Waals surface area contributed by atoms with Crippen LogP contribution < -0.4 is 10.1 Å². The Balaban J connectivity index is 1.05. The Morgan fingerprint density at radius 1 is 1.11 bits per heavy atom. The van der Waals surface area contributed by atoms with Crippen molar-refractivity contribution in [2.24, 2.45) is 23.7 Å². The van der Waals surface area contributed by atoms with Gasteiger partial charge in [0.15, 0.2) is 0 Å². The highest BCUT2D eigenvalue weighted by atomic mass is 16.5. The Bertz CT molecular complexity index is 665. The maximum absolute atomic E-state index is 12.5. The zero-order valence-electron chi connectivity index (χ0n) is 16.1. The van der Waals surface area contributed by atoms with Gasteiger partial charge in [0, 0.05) is 13.2 Å². The number of nitrogens with one attached hydrogen (secondary N) is 1. The largest absolute Gasteiger partial charge is 0.492 e. The van der Waals surface area contributed by atoms with E-state index in [-0.39, 0.29) is 17.4 Å². The third-order valence-corrected chi connectivity index (χ3v) is 7.26. The molecule has 5 aliphatic rings. The van der Waals surface area contributed by atoms with Crippen LogP contribution >= 0.6 is 0 Å². The Hall–Kier alpha value is -1.55. The van der Waals surface area contributed by atoms with Crippen molar-refractivity contribution in [3.63, 3.8) is 0 Å². The molecule has 4 bridgehead atoms. The van der Waals surface area contributed by atoms with E-state index < -0.39 is 0 Å². The summed E-state index contributed by atoms with van der Waals surface area (Å²) in [6.07, 6.45) is 9.86. The van der Waals surface area contributed by atoms with E-state index in [2.05, 4.69) is 5.32 Å². The monoisotopic (exact) mass is 369 g/mol. The number of hydrogen-bond donors (Lipinski definition) is 1. The van der Waals surface area contributed by atoms with Crippen molar-refractivity contribution < 1.29 is 14.3 Å². The number of ether oxygens (including phenoxy) is 2. The van der Waals surface area contributed by atoms with Crippen molar-refractivity contribution >= 4 is 5.91 Å². The third-order valence-electron chi connectivity index (χ3n) is 7.26. The van der Waals surface area contributed by atoms with Crippen molar-refractivity contribution in [2.75, 3.05) is 19.8 Å². The minimum absolute atomic E-state index is 0.0797. The number of rotatable bonds is 6. The number of carbonyl (C=O) groups excluding carboxylic acids is 1. The van der Waals surface area contributed by atoms with Gasteiger partial charge in [0.2, 0.25) is 5.91 Å². The molecular weight excluding hydrogens is 338 g/mol. The lowest BCUT2D eigenvalue weighted by Gasteiger charge is -2.56. The molecule has 0 spiro atoms. The van der Waals surface area contributed by atoms with Crippen molar-refractivity contribution in [1.82, 2.24) is 5.32 Å². The van der Waals surface area contributed by atoms with Crippen molar-refractivity contribution in [2.45, 2.75) is 57.0 Å². The molecule has 6 rings (SSSR count). The molecule has 4 nitrogen and oxygen atoms in total. The molecule has 0 radical (unpaired) electrons. The first-order valence-electron chi connectivity index (χ1n) is 10.8.